The van der Waals surface area contributed by atoms with Gasteiger partial charge in [-0.15, -0.1) is 0 Å². The van der Waals surface area contributed by atoms with Gasteiger partial charge in [-0.25, -0.2) is 0 Å². The van der Waals surface area contributed by atoms with E-state index in [1.54, 1.807) is 0 Å². The van der Waals surface area contributed by atoms with Gasteiger partial charge in [0.25, 0.3) is 0 Å². The molecule has 1 aromatic carbocycles. The van der Waals surface area contributed by atoms with Crippen LogP contribution in [0.15, 0.2) is 24.3 Å². The number of ether oxygens (including phenoxy) is 1. The normalized spacial score (nSPS) is 11.6. The number of nitrogens with zero attached hydrogens (tertiary/aromatic N) is 1. The van der Waals surface area contributed by atoms with Gasteiger partial charge in [0.15, 0.2) is 0 Å². The quantitative estimate of drug-likeness (QED) is 0.661. The molecule has 3 nitrogen and oxygen atoms in total. The summed E-state index contributed by atoms with van der Waals surface area (Å²) in [5, 5.41) is 0. The Bertz CT molecular complexity index is 379. The molecule has 0 aliphatic heterocycles. The van der Waals surface area contributed by atoms with Gasteiger partial charge in [-0.3, -0.25) is 4.90 Å². The Morgan fingerprint density at radius 3 is 2.14 bits per heavy atom. The maximum atomic E-state index is 5.81. The van der Waals surface area contributed by atoms with Crippen LogP contribution in [0.25, 0.3) is 0 Å². The zero-order valence-corrected chi connectivity index (χ0v) is 14.1. The van der Waals surface area contributed by atoms with Gasteiger partial charge in [-0.2, -0.15) is 0 Å². The van der Waals surface area contributed by atoms with Crippen molar-refractivity contribution in [3.63, 3.8) is 0 Å². The molecular formula is C18H32N2O. The van der Waals surface area contributed by atoms with Crippen molar-refractivity contribution in [2.24, 2.45) is 11.8 Å². The van der Waals surface area contributed by atoms with Crippen molar-refractivity contribution in [3.8, 4) is 5.75 Å². The fourth-order valence-corrected chi connectivity index (χ4v) is 2.11. The first kappa shape index (κ1) is 17.8. The Hall–Kier alpha value is -1.22. The molecule has 0 radical (unpaired) electrons. The fourth-order valence-electron chi connectivity index (χ4n) is 2.11. The number of nitrogens with two attached hydrogens (primary N) is 1. The third kappa shape index (κ3) is 8.61. The molecule has 3 heteroatoms. The molecule has 1 aromatic rings. The Balaban J connectivity index is 2.36. The van der Waals surface area contributed by atoms with Crippen molar-refractivity contribution >= 4 is 5.69 Å². The van der Waals surface area contributed by atoms with Crippen molar-refractivity contribution in [3.05, 3.63) is 24.3 Å². The summed E-state index contributed by atoms with van der Waals surface area (Å²) in [6.45, 7) is 13.1. The van der Waals surface area contributed by atoms with Crippen LogP contribution >= 0.6 is 0 Å². The summed E-state index contributed by atoms with van der Waals surface area (Å²) in [6.07, 6.45) is 2.49. The van der Waals surface area contributed by atoms with Crippen LogP contribution in [0.4, 0.5) is 5.69 Å². The molecule has 0 aromatic heterocycles. The number of nitrogen functional groups attached to an aromatic ring is 1. The summed E-state index contributed by atoms with van der Waals surface area (Å²) in [6, 6.07) is 7.65. The Morgan fingerprint density at radius 2 is 1.62 bits per heavy atom. The highest BCUT2D eigenvalue weighted by Crippen LogP contribution is 2.14. The molecular weight excluding hydrogens is 260 g/mol. The van der Waals surface area contributed by atoms with E-state index in [0.717, 1.165) is 49.5 Å². The molecule has 0 heterocycles. The van der Waals surface area contributed by atoms with E-state index in [4.69, 9.17) is 10.5 Å². The largest absolute Gasteiger partial charge is 0.492 e. The van der Waals surface area contributed by atoms with Gasteiger partial charge in [-0.1, -0.05) is 33.8 Å². The Labute approximate surface area is 130 Å². The van der Waals surface area contributed by atoms with Gasteiger partial charge in [0, 0.05) is 18.3 Å². The van der Waals surface area contributed by atoms with Crippen LogP contribution in [-0.4, -0.2) is 31.1 Å². The van der Waals surface area contributed by atoms with E-state index in [-0.39, 0.29) is 0 Å². The molecule has 0 unspecified atom stereocenters. The molecule has 0 saturated heterocycles. The number of benzene rings is 1. The molecule has 21 heavy (non-hydrogen) atoms. The highest BCUT2D eigenvalue weighted by atomic mass is 16.5. The van der Waals surface area contributed by atoms with Gasteiger partial charge < -0.3 is 10.5 Å². The van der Waals surface area contributed by atoms with Crippen molar-refractivity contribution in [2.45, 2.75) is 40.5 Å². The van der Waals surface area contributed by atoms with Crippen LogP contribution in [0.1, 0.15) is 40.5 Å². The van der Waals surface area contributed by atoms with Crippen molar-refractivity contribution in [1.29, 1.82) is 0 Å². The van der Waals surface area contributed by atoms with Gasteiger partial charge in [0.1, 0.15) is 12.4 Å². The zero-order chi connectivity index (χ0) is 15.7. The summed E-state index contributed by atoms with van der Waals surface area (Å²) >= 11 is 0. The first-order valence-electron chi connectivity index (χ1n) is 8.18. The minimum absolute atomic E-state index is 0.722. The van der Waals surface area contributed by atoms with Crippen molar-refractivity contribution in [1.82, 2.24) is 4.90 Å². The monoisotopic (exact) mass is 292 g/mol. The van der Waals surface area contributed by atoms with Crippen molar-refractivity contribution in [2.75, 3.05) is 32.0 Å². The molecule has 0 saturated carbocycles. The summed E-state index contributed by atoms with van der Waals surface area (Å²) < 4.78 is 5.81. The fraction of sp³-hybridized carbons (Fsp3) is 0.667. The Morgan fingerprint density at radius 1 is 1.00 bits per heavy atom. The second-order valence-corrected chi connectivity index (χ2v) is 6.63. The van der Waals surface area contributed by atoms with Gasteiger partial charge in [0.05, 0.1) is 0 Å². The van der Waals surface area contributed by atoms with Crippen LogP contribution in [0.3, 0.4) is 0 Å². The Kier molecular flexibility index (Phi) is 8.21. The molecule has 0 aliphatic rings. The predicted molar refractivity (Wildman–Crippen MR) is 91.7 cm³/mol. The topological polar surface area (TPSA) is 38.5 Å². The van der Waals surface area contributed by atoms with Crippen molar-refractivity contribution < 1.29 is 4.74 Å². The SMILES string of the molecule is CC(C)CCN(CCOc1cccc(N)c1)CCC(C)C. The van der Waals surface area contributed by atoms with Crippen LogP contribution in [-0.2, 0) is 0 Å². The number of anilines is 1. The third-order valence-corrected chi connectivity index (χ3v) is 3.58. The zero-order valence-electron chi connectivity index (χ0n) is 14.1. The van der Waals surface area contributed by atoms with Gasteiger partial charge >= 0.3 is 0 Å². The molecule has 2 N–H and O–H groups in total. The standard InChI is InChI=1S/C18H32N2O/c1-15(2)8-10-20(11-9-16(3)4)12-13-21-18-7-5-6-17(19)14-18/h5-7,14-16H,8-13,19H2,1-4H3. The molecule has 0 spiro atoms. The minimum Gasteiger partial charge on any atom is -0.492 e. The van der Waals surface area contributed by atoms with Crippen LogP contribution < -0.4 is 10.5 Å². The van der Waals surface area contributed by atoms with Gasteiger partial charge in [0.2, 0.25) is 0 Å². The molecule has 0 amide bonds. The lowest BCUT2D eigenvalue weighted by molar-refractivity contribution is 0.193. The molecule has 0 bridgehead atoms. The minimum atomic E-state index is 0.722. The van der Waals surface area contributed by atoms with E-state index in [1.807, 2.05) is 24.3 Å². The maximum absolute atomic E-state index is 5.81. The molecule has 1 rings (SSSR count). The number of rotatable bonds is 10. The lowest BCUT2D eigenvalue weighted by Crippen LogP contribution is -2.31. The average Bonchev–Trinajstić information content (AvgIpc) is 2.41. The summed E-state index contributed by atoms with van der Waals surface area (Å²) in [5.41, 5.74) is 6.52. The number of hydrogen-bond acceptors (Lipinski definition) is 3. The molecule has 0 atom stereocenters. The van der Waals surface area contributed by atoms with Gasteiger partial charge in [-0.05, 0) is 49.9 Å². The second kappa shape index (κ2) is 9.67. The summed E-state index contributed by atoms with van der Waals surface area (Å²) in [4.78, 5) is 2.52. The highest BCUT2D eigenvalue weighted by molar-refractivity contribution is 5.43. The van der Waals surface area contributed by atoms with E-state index < -0.39 is 0 Å². The lowest BCUT2D eigenvalue weighted by atomic mass is 10.1. The summed E-state index contributed by atoms with van der Waals surface area (Å²) in [5.74, 6) is 2.37. The maximum Gasteiger partial charge on any atom is 0.121 e. The smallest absolute Gasteiger partial charge is 0.121 e. The lowest BCUT2D eigenvalue weighted by Gasteiger charge is -2.24. The van der Waals surface area contributed by atoms with Crippen LogP contribution in [0, 0.1) is 11.8 Å². The molecule has 0 aliphatic carbocycles. The number of hydrogen-bond donors (Lipinski definition) is 1. The third-order valence-electron chi connectivity index (χ3n) is 3.58. The van der Waals surface area contributed by atoms with E-state index in [1.165, 1.54) is 12.8 Å². The average molecular weight is 292 g/mol. The first-order chi connectivity index (χ1) is 9.97. The molecule has 120 valence electrons. The van der Waals surface area contributed by atoms with E-state index in [0.29, 0.717) is 0 Å². The van der Waals surface area contributed by atoms with Crippen LogP contribution in [0.2, 0.25) is 0 Å². The summed E-state index contributed by atoms with van der Waals surface area (Å²) in [7, 11) is 0. The predicted octanol–water partition coefficient (Wildman–Crippen LogP) is 4.04. The van der Waals surface area contributed by atoms with E-state index in [2.05, 4.69) is 32.6 Å². The molecule has 0 fully saturated rings. The van der Waals surface area contributed by atoms with E-state index >= 15 is 0 Å². The highest BCUT2D eigenvalue weighted by Gasteiger charge is 2.08. The van der Waals surface area contributed by atoms with E-state index in [9.17, 15) is 0 Å². The van der Waals surface area contributed by atoms with Crippen LogP contribution in [0.5, 0.6) is 5.75 Å². The second-order valence-electron chi connectivity index (χ2n) is 6.63. The first-order valence-corrected chi connectivity index (χ1v) is 8.18.